The Morgan fingerprint density at radius 2 is 2.00 bits per heavy atom. The number of carbonyl (C=O) groups excluding carboxylic acids is 2. The second-order valence-corrected chi connectivity index (χ2v) is 2.72. The van der Waals surface area contributed by atoms with E-state index in [1.165, 1.54) is 0 Å². The highest BCUT2D eigenvalue weighted by atomic mass is 19.1. The topological polar surface area (TPSA) is 89.4 Å². The van der Waals surface area contributed by atoms with Crippen molar-refractivity contribution in [2.75, 3.05) is 6.54 Å². The molecule has 1 aliphatic rings. The number of rotatable bonds is 1. The standard InChI is InChI=1S/C6H10FN3O2/c7-6(4(8)11)2-1-3-10(6)5(9)12/h1-3H2,(H2,8,11)(H2,9,12)/t6-/m0/s1. The van der Waals surface area contributed by atoms with E-state index in [0.717, 1.165) is 0 Å². The van der Waals surface area contributed by atoms with Gasteiger partial charge in [0.25, 0.3) is 11.7 Å². The number of amides is 3. The van der Waals surface area contributed by atoms with Crippen LogP contribution >= 0.6 is 0 Å². The van der Waals surface area contributed by atoms with Gasteiger partial charge in [-0.1, -0.05) is 0 Å². The van der Waals surface area contributed by atoms with Crippen LogP contribution in [0.3, 0.4) is 0 Å². The molecule has 6 heteroatoms. The van der Waals surface area contributed by atoms with Gasteiger partial charge in [-0.25, -0.2) is 9.18 Å². The number of carbonyl (C=O) groups is 2. The smallest absolute Gasteiger partial charge is 0.317 e. The minimum absolute atomic E-state index is 0.0642. The Morgan fingerprint density at radius 3 is 2.33 bits per heavy atom. The van der Waals surface area contributed by atoms with E-state index in [0.29, 0.717) is 11.3 Å². The Balaban J connectivity index is 2.89. The maximum Gasteiger partial charge on any atom is 0.317 e. The highest BCUT2D eigenvalue weighted by molar-refractivity contribution is 5.88. The number of likely N-dealkylation sites (tertiary alicyclic amines) is 1. The molecule has 0 bridgehead atoms. The van der Waals surface area contributed by atoms with Gasteiger partial charge in [0.2, 0.25) is 0 Å². The summed E-state index contributed by atoms with van der Waals surface area (Å²) in [6.07, 6.45) is 0.341. The second kappa shape index (κ2) is 2.62. The summed E-state index contributed by atoms with van der Waals surface area (Å²) < 4.78 is 13.5. The number of hydrogen-bond donors (Lipinski definition) is 2. The van der Waals surface area contributed by atoms with Crippen LogP contribution in [0.4, 0.5) is 9.18 Å². The highest BCUT2D eigenvalue weighted by Crippen LogP contribution is 2.29. The van der Waals surface area contributed by atoms with E-state index in [1.807, 2.05) is 0 Å². The van der Waals surface area contributed by atoms with E-state index in [2.05, 4.69) is 0 Å². The molecule has 5 nitrogen and oxygen atoms in total. The first-order chi connectivity index (χ1) is 5.48. The van der Waals surface area contributed by atoms with Crippen LogP contribution in [0.5, 0.6) is 0 Å². The molecule has 0 aromatic heterocycles. The van der Waals surface area contributed by atoms with E-state index in [1.54, 1.807) is 0 Å². The maximum atomic E-state index is 13.5. The number of nitrogens with zero attached hydrogens (tertiary/aromatic N) is 1. The molecule has 4 N–H and O–H groups in total. The molecule has 3 amide bonds. The van der Waals surface area contributed by atoms with Crippen molar-refractivity contribution >= 4 is 11.9 Å². The Bertz CT molecular complexity index is 233. The lowest BCUT2D eigenvalue weighted by atomic mass is 10.2. The number of urea groups is 1. The average Bonchev–Trinajstić information content (AvgIpc) is 2.32. The van der Waals surface area contributed by atoms with Crippen LogP contribution in [-0.4, -0.2) is 29.2 Å². The molecular weight excluding hydrogens is 165 g/mol. The van der Waals surface area contributed by atoms with E-state index >= 15 is 0 Å². The number of halogens is 1. The first-order valence-electron chi connectivity index (χ1n) is 3.54. The summed E-state index contributed by atoms with van der Waals surface area (Å²) in [5.74, 6) is -3.52. The molecule has 1 aliphatic heterocycles. The number of primary amides is 2. The molecular formula is C6H10FN3O2. The molecule has 1 heterocycles. The molecule has 0 aliphatic carbocycles. The molecule has 12 heavy (non-hydrogen) atoms. The third-order valence-electron chi connectivity index (χ3n) is 1.96. The average molecular weight is 175 g/mol. The molecule has 0 aromatic carbocycles. The Kier molecular flexibility index (Phi) is 1.91. The van der Waals surface area contributed by atoms with Gasteiger partial charge in [0.15, 0.2) is 0 Å². The van der Waals surface area contributed by atoms with Crippen molar-refractivity contribution in [3.63, 3.8) is 0 Å². The van der Waals surface area contributed by atoms with Crippen LogP contribution in [0.25, 0.3) is 0 Å². The normalized spacial score (nSPS) is 28.9. The van der Waals surface area contributed by atoms with Gasteiger partial charge in [0.1, 0.15) is 0 Å². The van der Waals surface area contributed by atoms with Crippen molar-refractivity contribution in [3.8, 4) is 0 Å². The fourth-order valence-corrected chi connectivity index (χ4v) is 1.32. The van der Waals surface area contributed by atoms with Crippen LogP contribution < -0.4 is 11.5 Å². The maximum absolute atomic E-state index is 13.5. The monoisotopic (exact) mass is 175 g/mol. The first-order valence-corrected chi connectivity index (χ1v) is 3.54. The molecule has 1 saturated heterocycles. The Labute approximate surface area is 68.5 Å². The van der Waals surface area contributed by atoms with Crippen LogP contribution in [0.2, 0.25) is 0 Å². The van der Waals surface area contributed by atoms with Gasteiger partial charge in [0.05, 0.1) is 0 Å². The molecule has 68 valence electrons. The Hall–Kier alpha value is -1.33. The van der Waals surface area contributed by atoms with Gasteiger partial charge in [-0.2, -0.15) is 0 Å². The third-order valence-corrected chi connectivity index (χ3v) is 1.96. The quantitative estimate of drug-likeness (QED) is 0.516. The van der Waals surface area contributed by atoms with Crippen molar-refractivity contribution in [2.45, 2.75) is 18.6 Å². The van der Waals surface area contributed by atoms with Gasteiger partial charge in [0, 0.05) is 13.0 Å². The Morgan fingerprint density at radius 1 is 1.42 bits per heavy atom. The van der Waals surface area contributed by atoms with Crippen LogP contribution in [0, 0.1) is 0 Å². The fraction of sp³-hybridized carbons (Fsp3) is 0.667. The predicted octanol–water partition coefficient (Wildman–Crippen LogP) is -0.688. The van der Waals surface area contributed by atoms with Crippen molar-refractivity contribution in [1.82, 2.24) is 4.90 Å². The SMILES string of the molecule is NC(=O)N1CCC[C@@]1(F)C(N)=O. The van der Waals surface area contributed by atoms with Crippen LogP contribution in [0.15, 0.2) is 0 Å². The molecule has 1 atom stereocenters. The molecule has 0 aromatic rings. The van der Waals surface area contributed by atoms with Crippen molar-refractivity contribution < 1.29 is 14.0 Å². The van der Waals surface area contributed by atoms with Gasteiger partial charge >= 0.3 is 6.03 Å². The summed E-state index contributed by atoms with van der Waals surface area (Å²) in [6.45, 7) is 0.148. The zero-order chi connectivity index (χ0) is 9.35. The molecule has 0 radical (unpaired) electrons. The molecule has 1 fully saturated rings. The lowest BCUT2D eigenvalue weighted by Crippen LogP contribution is -2.54. The minimum atomic E-state index is -2.37. The summed E-state index contributed by atoms with van der Waals surface area (Å²) in [6, 6.07) is -0.950. The van der Waals surface area contributed by atoms with Crippen molar-refractivity contribution in [2.24, 2.45) is 11.5 Å². The third kappa shape index (κ3) is 1.09. The van der Waals surface area contributed by atoms with Crippen molar-refractivity contribution in [3.05, 3.63) is 0 Å². The van der Waals surface area contributed by atoms with Gasteiger partial charge < -0.3 is 11.5 Å². The largest absolute Gasteiger partial charge is 0.365 e. The fourth-order valence-electron chi connectivity index (χ4n) is 1.32. The van der Waals surface area contributed by atoms with Crippen molar-refractivity contribution in [1.29, 1.82) is 0 Å². The van der Waals surface area contributed by atoms with E-state index in [-0.39, 0.29) is 13.0 Å². The van der Waals surface area contributed by atoms with E-state index in [9.17, 15) is 14.0 Å². The summed E-state index contributed by atoms with van der Waals surface area (Å²) in [7, 11) is 0. The summed E-state index contributed by atoms with van der Waals surface area (Å²) in [4.78, 5) is 21.9. The predicted molar refractivity (Wildman–Crippen MR) is 38.6 cm³/mol. The summed E-state index contributed by atoms with van der Waals surface area (Å²) >= 11 is 0. The van der Waals surface area contributed by atoms with Gasteiger partial charge in [-0.15, -0.1) is 0 Å². The van der Waals surface area contributed by atoms with Crippen LogP contribution in [0.1, 0.15) is 12.8 Å². The van der Waals surface area contributed by atoms with Crippen LogP contribution in [-0.2, 0) is 4.79 Å². The zero-order valence-electron chi connectivity index (χ0n) is 6.42. The lowest BCUT2D eigenvalue weighted by Gasteiger charge is -2.26. The molecule has 0 spiro atoms. The zero-order valence-corrected chi connectivity index (χ0v) is 6.42. The minimum Gasteiger partial charge on any atom is -0.365 e. The van der Waals surface area contributed by atoms with E-state index < -0.39 is 17.7 Å². The number of hydrogen-bond acceptors (Lipinski definition) is 2. The molecule has 0 unspecified atom stereocenters. The highest BCUT2D eigenvalue weighted by Gasteiger charge is 2.48. The summed E-state index contributed by atoms with van der Waals surface area (Å²) in [5, 5.41) is 0. The lowest BCUT2D eigenvalue weighted by molar-refractivity contribution is -0.136. The van der Waals surface area contributed by atoms with Gasteiger partial charge in [-0.05, 0) is 6.42 Å². The summed E-state index contributed by atoms with van der Waals surface area (Å²) in [5.41, 5.74) is 9.65. The molecule has 0 saturated carbocycles. The number of nitrogens with two attached hydrogens (primary N) is 2. The second-order valence-electron chi connectivity index (χ2n) is 2.72. The van der Waals surface area contributed by atoms with Gasteiger partial charge in [-0.3, -0.25) is 9.69 Å². The first kappa shape index (κ1) is 8.76. The molecule has 1 rings (SSSR count). The number of alkyl halides is 1. The van der Waals surface area contributed by atoms with E-state index in [4.69, 9.17) is 11.5 Å².